The molecule has 1 amide bonds. The molecule has 2 aromatic heterocycles. The average molecular weight is 372 g/mol. The molecule has 0 saturated carbocycles. The van der Waals surface area contributed by atoms with Gasteiger partial charge in [0.05, 0.1) is 17.6 Å². The molecule has 0 aliphatic carbocycles. The van der Waals surface area contributed by atoms with Crippen molar-refractivity contribution < 1.29 is 13.6 Å². The van der Waals surface area contributed by atoms with Gasteiger partial charge in [0, 0.05) is 12.2 Å². The Morgan fingerprint density at radius 2 is 2.12 bits per heavy atom. The second-order valence-corrected chi connectivity index (χ2v) is 6.33. The monoisotopic (exact) mass is 372 g/mol. The van der Waals surface area contributed by atoms with Crippen molar-refractivity contribution in [2.45, 2.75) is 12.1 Å². The van der Waals surface area contributed by atoms with Gasteiger partial charge in [-0.05, 0) is 37.3 Å². The van der Waals surface area contributed by atoms with Crippen LogP contribution < -0.4 is 5.32 Å². The number of halogens is 1. The van der Waals surface area contributed by atoms with E-state index < -0.39 is 0 Å². The molecule has 6 nitrogen and oxygen atoms in total. The number of aryl methyl sites for hydroxylation is 1. The van der Waals surface area contributed by atoms with Gasteiger partial charge in [0.1, 0.15) is 11.6 Å². The van der Waals surface area contributed by atoms with E-state index in [9.17, 15) is 9.18 Å². The highest BCUT2D eigenvalue weighted by Crippen LogP contribution is 2.30. The third-order valence-corrected chi connectivity index (χ3v) is 4.52. The number of carbonyl (C=O) groups is 1. The molecule has 0 unspecified atom stereocenters. The highest BCUT2D eigenvalue weighted by molar-refractivity contribution is 7.99. The third-order valence-electron chi connectivity index (χ3n) is 3.59. The minimum absolute atomic E-state index is 0.135. The largest absolute Gasteiger partial charge is 0.469 e. The zero-order chi connectivity index (χ0) is 18.5. The van der Waals surface area contributed by atoms with Gasteiger partial charge in [-0.25, -0.2) is 4.39 Å². The molecule has 0 aliphatic rings. The summed E-state index contributed by atoms with van der Waals surface area (Å²) in [6.45, 7) is 5.80. The minimum atomic E-state index is -0.333. The van der Waals surface area contributed by atoms with Gasteiger partial charge in [-0.2, -0.15) is 0 Å². The maximum Gasteiger partial charge on any atom is 0.230 e. The molecule has 26 heavy (non-hydrogen) atoms. The standard InChI is InChI=1S/C18H17FN4O2S/c1-3-9-20-16(24)11-26-18-22-21-17(15-8-10-25-12(15)2)23(18)14-6-4-13(19)5-7-14/h3-8,10H,1,9,11H2,2H3,(H,20,24). The number of furan rings is 1. The number of hydrogen-bond donors (Lipinski definition) is 1. The van der Waals surface area contributed by atoms with Gasteiger partial charge in [-0.3, -0.25) is 9.36 Å². The molecule has 1 N–H and O–H groups in total. The van der Waals surface area contributed by atoms with E-state index in [1.165, 1.54) is 23.9 Å². The number of hydrogen-bond acceptors (Lipinski definition) is 5. The number of nitrogens with zero attached hydrogens (tertiary/aromatic N) is 3. The normalized spacial score (nSPS) is 10.7. The van der Waals surface area contributed by atoms with E-state index in [1.54, 1.807) is 35.1 Å². The van der Waals surface area contributed by atoms with Crippen LogP contribution in [0, 0.1) is 12.7 Å². The summed E-state index contributed by atoms with van der Waals surface area (Å²) < 4.78 is 20.5. The molecule has 0 saturated heterocycles. The zero-order valence-electron chi connectivity index (χ0n) is 14.1. The second-order valence-electron chi connectivity index (χ2n) is 5.39. The van der Waals surface area contributed by atoms with E-state index in [4.69, 9.17) is 4.42 Å². The molecule has 0 atom stereocenters. The summed E-state index contributed by atoms with van der Waals surface area (Å²) in [5.74, 6) is 0.973. The number of amides is 1. The van der Waals surface area contributed by atoms with Crippen LogP contribution in [0.5, 0.6) is 0 Å². The van der Waals surface area contributed by atoms with E-state index in [1.807, 2.05) is 6.92 Å². The number of aromatic nitrogens is 3. The lowest BCUT2D eigenvalue weighted by molar-refractivity contribution is -0.118. The van der Waals surface area contributed by atoms with Crippen LogP contribution in [0.3, 0.4) is 0 Å². The first-order valence-corrected chi connectivity index (χ1v) is 8.85. The van der Waals surface area contributed by atoms with Gasteiger partial charge in [-0.1, -0.05) is 17.8 Å². The minimum Gasteiger partial charge on any atom is -0.469 e. The lowest BCUT2D eigenvalue weighted by Crippen LogP contribution is -2.25. The second kappa shape index (κ2) is 8.01. The Kier molecular flexibility index (Phi) is 5.52. The molecule has 2 heterocycles. The highest BCUT2D eigenvalue weighted by Gasteiger charge is 2.19. The Bertz CT molecular complexity index is 918. The maximum absolute atomic E-state index is 13.3. The van der Waals surface area contributed by atoms with Crippen LogP contribution >= 0.6 is 11.8 Å². The first kappa shape index (κ1) is 17.9. The average Bonchev–Trinajstić information content (AvgIpc) is 3.24. The fraction of sp³-hybridized carbons (Fsp3) is 0.167. The SMILES string of the molecule is C=CCNC(=O)CSc1nnc(-c2ccoc2C)n1-c1ccc(F)cc1. The predicted octanol–water partition coefficient (Wildman–Crippen LogP) is 3.37. The zero-order valence-corrected chi connectivity index (χ0v) is 14.9. The summed E-state index contributed by atoms with van der Waals surface area (Å²) in [5.41, 5.74) is 1.48. The number of carbonyl (C=O) groups excluding carboxylic acids is 1. The first-order chi connectivity index (χ1) is 12.6. The number of thioether (sulfide) groups is 1. The van der Waals surface area contributed by atoms with Crippen molar-refractivity contribution in [2.24, 2.45) is 0 Å². The van der Waals surface area contributed by atoms with Crippen molar-refractivity contribution in [3.8, 4) is 17.1 Å². The van der Waals surface area contributed by atoms with Gasteiger partial charge >= 0.3 is 0 Å². The quantitative estimate of drug-likeness (QED) is 0.508. The van der Waals surface area contributed by atoms with Crippen LogP contribution in [-0.4, -0.2) is 33.0 Å². The molecule has 8 heteroatoms. The van der Waals surface area contributed by atoms with E-state index in [-0.39, 0.29) is 17.5 Å². The molecule has 0 fully saturated rings. The Hall–Kier alpha value is -2.87. The number of nitrogens with one attached hydrogen (secondary N) is 1. The van der Waals surface area contributed by atoms with Gasteiger partial charge in [0.25, 0.3) is 0 Å². The van der Waals surface area contributed by atoms with Crippen LogP contribution in [0.2, 0.25) is 0 Å². The summed E-state index contributed by atoms with van der Waals surface area (Å²) in [6.07, 6.45) is 3.19. The van der Waals surface area contributed by atoms with Crippen LogP contribution in [0.15, 0.2) is 58.8 Å². The van der Waals surface area contributed by atoms with Crippen molar-refractivity contribution >= 4 is 17.7 Å². The predicted molar refractivity (Wildman–Crippen MR) is 97.7 cm³/mol. The van der Waals surface area contributed by atoms with E-state index >= 15 is 0 Å². The molecule has 3 rings (SSSR count). The Labute approximate surface area is 154 Å². The Morgan fingerprint density at radius 3 is 2.77 bits per heavy atom. The van der Waals surface area contributed by atoms with E-state index in [0.29, 0.717) is 29.0 Å². The van der Waals surface area contributed by atoms with Crippen molar-refractivity contribution in [2.75, 3.05) is 12.3 Å². The smallest absolute Gasteiger partial charge is 0.230 e. The van der Waals surface area contributed by atoms with Gasteiger partial charge in [0.15, 0.2) is 11.0 Å². The summed E-state index contributed by atoms with van der Waals surface area (Å²) in [7, 11) is 0. The van der Waals surface area contributed by atoms with Crippen LogP contribution in [-0.2, 0) is 4.79 Å². The van der Waals surface area contributed by atoms with E-state index in [2.05, 4.69) is 22.1 Å². The number of benzene rings is 1. The molecule has 0 aliphatic heterocycles. The number of rotatable bonds is 7. The molecule has 3 aromatic rings. The van der Waals surface area contributed by atoms with Crippen molar-refractivity contribution in [3.05, 3.63) is 60.8 Å². The molecule has 134 valence electrons. The fourth-order valence-corrected chi connectivity index (χ4v) is 3.13. The topological polar surface area (TPSA) is 73.0 Å². The summed E-state index contributed by atoms with van der Waals surface area (Å²) in [4.78, 5) is 11.9. The Balaban J connectivity index is 1.95. The Morgan fingerprint density at radius 1 is 1.35 bits per heavy atom. The summed E-state index contributed by atoms with van der Waals surface area (Å²) in [6, 6.07) is 7.81. The van der Waals surface area contributed by atoms with Crippen molar-refractivity contribution in [1.29, 1.82) is 0 Å². The first-order valence-electron chi connectivity index (χ1n) is 7.86. The molecular weight excluding hydrogens is 355 g/mol. The van der Waals surface area contributed by atoms with Crippen LogP contribution in [0.4, 0.5) is 4.39 Å². The van der Waals surface area contributed by atoms with Gasteiger partial charge < -0.3 is 9.73 Å². The van der Waals surface area contributed by atoms with Crippen LogP contribution in [0.1, 0.15) is 5.76 Å². The molecular formula is C18H17FN4O2S. The third kappa shape index (κ3) is 3.85. The molecule has 0 spiro atoms. The summed E-state index contributed by atoms with van der Waals surface area (Å²) >= 11 is 1.25. The summed E-state index contributed by atoms with van der Waals surface area (Å²) in [5, 5.41) is 11.7. The van der Waals surface area contributed by atoms with Gasteiger partial charge in [-0.15, -0.1) is 16.8 Å². The fourth-order valence-electron chi connectivity index (χ4n) is 2.34. The van der Waals surface area contributed by atoms with Crippen LogP contribution in [0.25, 0.3) is 17.1 Å². The molecule has 1 aromatic carbocycles. The lowest BCUT2D eigenvalue weighted by Gasteiger charge is -2.10. The molecule has 0 radical (unpaired) electrons. The van der Waals surface area contributed by atoms with E-state index in [0.717, 1.165) is 5.56 Å². The lowest BCUT2D eigenvalue weighted by atomic mass is 10.2. The highest BCUT2D eigenvalue weighted by atomic mass is 32.2. The van der Waals surface area contributed by atoms with Crippen molar-refractivity contribution in [1.82, 2.24) is 20.1 Å². The van der Waals surface area contributed by atoms with Crippen molar-refractivity contribution in [3.63, 3.8) is 0 Å². The van der Waals surface area contributed by atoms with Gasteiger partial charge in [0.2, 0.25) is 5.91 Å². The maximum atomic E-state index is 13.3. The molecule has 0 bridgehead atoms.